The fourth-order valence-corrected chi connectivity index (χ4v) is 1.85. The topological polar surface area (TPSA) is 77.8 Å². The van der Waals surface area contributed by atoms with Crippen LogP contribution in [-0.2, 0) is 9.53 Å². The first-order valence-electron chi connectivity index (χ1n) is 6.53. The zero-order chi connectivity index (χ0) is 16.8. The number of benzene rings is 1. The van der Waals surface area contributed by atoms with E-state index in [1.165, 1.54) is 25.5 Å². The van der Waals surface area contributed by atoms with Crippen LogP contribution in [0.25, 0.3) is 6.08 Å². The van der Waals surface area contributed by atoms with Crippen molar-refractivity contribution in [1.29, 1.82) is 0 Å². The largest absolute Gasteiger partial charge is 0.494 e. The quantitative estimate of drug-likeness (QED) is 0.677. The Hall–Kier alpha value is -3.09. The van der Waals surface area contributed by atoms with Gasteiger partial charge in [0.25, 0.3) is 0 Å². The molecular weight excluding hydrogens is 305 g/mol. The molecule has 120 valence electrons. The summed E-state index contributed by atoms with van der Waals surface area (Å²) in [5.41, 5.74) is -0.126. The molecule has 0 spiro atoms. The van der Waals surface area contributed by atoms with Crippen LogP contribution in [0.1, 0.15) is 16.1 Å². The van der Waals surface area contributed by atoms with Gasteiger partial charge >= 0.3 is 5.97 Å². The smallest absolute Gasteiger partial charge is 0.340 e. The van der Waals surface area contributed by atoms with Crippen LogP contribution in [0.2, 0.25) is 0 Å². The van der Waals surface area contributed by atoms with Crippen molar-refractivity contribution in [3.05, 3.63) is 53.7 Å². The van der Waals surface area contributed by atoms with E-state index in [0.29, 0.717) is 5.76 Å². The number of hydrogen-bond acceptors (Lipinski definition) is 5. The highest BCUT2D eigenvalue weighted by Gasteiger charge is 2.19. The number of nitrogens with one attached hydrogen (secondary N) is 1. The molecule has 1 N–H and O–H groups in total. The van der Waals surface area contributed by atoms with Crippen molar-refractivity contribution >= 4 is 23.6 Å². The zero-order valence-corrected chi connectivity index (χ0v) is 12.5. The number of anilines is 1. The molecule has 0 fully saturated rings. The minimum absolute atomic E-state index is 0.00477. The Balaban J connectivity index is 2.30. The average Bonchev–Trinajstić information content (AvgIpc) is 3.06. The molecule has 0 saturated heterocycles. The summed E-state index contributed by atoms with van der Waals surface area (Å²) in [6.07, 6.45) is 4.13. The number of halogens is 1. The van der Waals surface area contributed by atoms with E-state index in [1.807, 2.05) is 0 Å². The monoisotopic (exact) mass is 319 g/mol. The number of methoxy groups -OCH3 is 2. The summed E-state index contributed by atoms with van der Waals surface area (Å²) in [7, 11) is 2.45. The predicted molar refractivity (Wildman–Crippen MR) is 80.7 cm³/mol. The highest BCUT2D eigenvalue weighted by Crippen LogP contribution is 2.30. The third-order valence-corrected chi connectivity index (χ3v) is 2.88. The Morgan fingerprint density at radius 3 is 2.70 bits per heavy atom. The summed E-state index contributed by atoms with van der Waals surface area (Å²) in [5.74, 6) is -1.54. The number of hydrogen-bond donors (Lipinski definition) is 1. The minimum Gasteiger partial charge on any atom is -0.494 e. The standard InChI is InChI=1S/C16H14FNO5/c1-21-13-9-10(17)8-12(16(20)22-2)15(13)18-14(19)6-5-11-4-3-7-23-11/h3-9H,1-2H3,(H,18,19)/b6-5+. The van der Waals surface area contributed by atoms with Crippen LogP contribution in [0.3, 0.4) is 0 Å². The van der Waals surface area contributed by atoms with E-state index in [4.69, 9.17) is 9.15 Å². The van der Waals surface area contributed by atoms with Crippen LogP contribution in [0.5, 0.6) is 5.75 Å². The van der Waals surface area contributed by atoms with Gasteiger partial charge < -0.3 is 19.2 Å². The fraction of sp³-hybridized carbons (Fsp3) is 0.125. The van der Waals surface area contributed by atoms with Crippen molar-refractivity contribution < 1.29 is 27.9 Å². The molecule has 6 nitrogen and oxygen atoms in total. The number of carbonyl (C=O) groups excluding carboxylic acids is 2. The van der Waals surface area contributed by atoms with Crippen LogP contribution in [-0.4, -0.2) is 26.1 Å². The molecule has 2 aromatic rings. The van der Waals surface area contributed by atoms with Gasteiger partial charge in [-0.15, -0.1) is 0 Å². The fourth-order valence-electron chi connectivity index (χ4n) is 1.85. The highest BCUT2D eigenvalue weighted by molar-refractivity contribution is 6.07. The molecule has 0 aliphatic rings. The molecule has 0 bridgehead atoms. The number of rotatable bonds is 5. The van der Waals surface area contributed by atoms with E-state index < -0.39 is 17.7 Å². The van der Waals surface area contributed by atoms with Crippen LogP contribution < -0.4 is 10.1 Å². The summed E-state index contributed by atoms with van der Waals surface area (Å²) < 4.78 is 28.2. The van der Waals surface area contributed by atoms with E-state index >= 15 is 0 Å². The normalized spacial score (nSPS) is 10.6. The van der Waals surface area contributed by atoms with Crippen molar-refractivity contribution in [1.82, 2.24) is 0 Å². The second kappa shape index (κ2) is 7.26. The van der Waals surface area contributed by atoms with Crippen molar-refractivity contribution in [3.8, 4) is 5.75 Å². The van der Waals surface area contributed by atoms with Gasteiger partial charge in [-0.05, 0) is 24.3 Å². The molecule has 0 aliphatic heterocycles. The summed E-state index contributed by atoms with van der Waals surface area (Å²) >= 11 is 0. The molecular formula is C16H14FNO5. The van der Waals surface area contributed by atoms with Crippen LogP contribution in [0, 0.1) is 5.82 Å². The van der Waals surface area contributed by atoms with Gasteiger partial charge in [-0.3, -0.25) is 4.79 Å². The molecule has 1 heterocycles. The van der Waals surface area contributed by atoms with E-state index in [2.05, 4.69) is 10.1 Å². The van der Waals surface area contributed by atoms with Gasteiger partial charge in [0.05, 0.1) is 31.7 Å². The van der Waals surface area contributed by atoms with Gasteiger partial charge in [0, 0.05) is 12.1 Å². The van der Waals surface area contributed by atoms with Gasteiger partial charge in [0.15, 0.2) is 0 Å². The summed E-state index contributed by atoms with van der Waals surface area (Å²) in [5, 5.41) is 2.48. The first-order chi connectivity index (χ1) is 11.0. The third-order valence-electron chi connectivity index (χ3n) is 2.88. The lowest BCUT2D eigenvalue weighted by Crippen LogP contribution is -2.14. The number of furan rings is 1. The van der Waals surface area contributed by atoms with Crippen molar-refractivity contribution in [2.45, 2.75) is 0 Å². The first-order valence-corrected chi connectivity index (χ1v) is 6.53. The first kappa shape index (κ1) is 16.3. The van der Waals surface area contributed by atoms with Crippen molar-refractivity contribution in [2.24, 2.45) is 0 Å². The van der Waals surface area contributed by atoms with E-state index in [0.717, 1.165) is 19.2 Å². The molecule has 1 amide bonds. The van der Waals surface area contributed by atoms with E-state index in [1.54, 1.807) is 12.1 Å². The summed E-state index contributed by atoms with van der Waals surface area (Å²) in [6.45, 7) is 0. The number of esters is 1. The summed E-state index contributed by atoms with van der Waals surface area (Å²) in [6, 6.07) is 5.36. The van der Waals surface area contributed by atoms with Crippen LogP contribution in [0.15, 0.2) is 41.0 Å². The molecule has 0 unspecified atom stereocenters. The van der Waals surface area contributed by atoms with Crippen LogP contribution >= 0.6 is 0 Å². The SMILES string of the molecule is COC(=O)c1cc(F)cc(OC)c1NC(=O)/C=C/c1ccco1. The Morgan fingerprint density at radius 1 is 1.30 bits per heavy atom. The minimum atomic E-state index is -0.798. The van der Waals surface area contributed by atoms with Gasteiger partial charge in [-0.1, -0.05) is 0 Å². The molecule has 7 heteroatoms. The van der Waals surface area contributed by atoms with Crippen molar-refractivity contribution in [2.75, 3.05) is 19.5 Å². The van der Waals surface area contributed by atoms with Crippen molar-refractivity contribution in [3.63, 3.8) is 0 Å². The number of amides is 1. The molecule has 1 aromatic heterocycles. The van der Waals surface area contributed by atoms with Gasteiger partial charge in [-0.2, -0.15) is 0 Å². The Labute approximate surface area is 131 Å². The maximum absolute atomic E-state index is 13.5. The molecule has 0 atom stereocenters. The Kier molecular flexibility index (Phi) is 5.14. The third kappa shape index (κ3) is 3.97. The molecule has 0 aliphatic carbocycles. The lowest BCUT2D eigenvalue weighted by molar-refractivity contribution is -0.111. The highest BCUT2D eigenvalue weighted by atomic mass is 19.1. The molecule has 2 rings (SSSR count). The maximum atomic E-state index is 13.5. The second-order valence-corrected chi connectivity index (χ2v) is 4.36. The molecule has 0 saturated carbocycles. The lowest BCUT2D eigenvalue weighted by Gasteiger charge is -2.13. The molecule has 23 heavy (non-hydrogen) atoms. The predicted octanol–water partition coefficient (Wildman–Crippen LogP) is 2.87. The lowest BCUT2D eigenvalue weighted by atomic mass is 10.1. The number of ether oxygens (including phenoxy) is 2. The maximum Gasteiger partial charge on any atom is 0.340 e. The van der Waals surface area contributed by atoms with Crippen LogP contribution in [0.4, 0.5) is 10.1 Å². The zero-order valence-electron chi connectivity index (χ0n) is 12.5. The van der Waals surface area contributed by atoms with Gasteiger partial charge in [0.1, 0.15) is 17.3 Å². The molecule has 0 radical (unpaired) electrons. The van der Waals surface area contributed by atoms with Gasteiger partial charge in [-0.25, -0.2) is 9.18 Å². The number of carbonyl (C=O) groups is 2. The molecule has 1 aromatic carbocycles. The Bertz CT molecular complexity index is 737. The van der Waals surface area contributed by atoms with Gasteiger partial charge in [0.2, 0.25) is 5.91 Å². The van der Waals surface area contributed by atoms with E-state index in [9.17, 15) is 14.0 Å². The average molecular weight is 319 g/mol. The Morgan fingerprint density at radius 2 is 2.09 bits per heavy atom. The summed E-state index contributed by atoms with van der Waals surface area (Å²) in [4.78, 5) is 23.7. The second-order valence-electron chi connectivity index (χ2n) is 4.36. The van der Waals surface area contributed by atoms with E-state index in [-0.39, 0.29) is 17.0 Å².